The van der Waals surface area contributed by atoms with Gasteiger partial charge in [-0.2, -0.15) is 88.7 Å². The number of sulfone groups is 3. The van der Waals surface area contributed by atoms with E-state index in [0.29, 0.717) is 114 Å². The van der Waals surface area contributed by atoms with Gasteiger partial charge in [-0.1, -0.05) is 72.8 Å². The number of alkyl halides is 9. The number of carbonyl (C=O) groups is 4. The standard InChI is InChI=1S/C29H39F3N6O6S.C26H35F3N6O6S2.C24H31F3N6O4S/c1-27(2,3)44-26(40)38-14-12-37(13-15-38)24-33-23(34-25(35-24)43-19-29(30,31)32)16-20-6-8-21(9-7-20)22(39)17-45(41,42)28(10-11-28)18-36(4)5;1-4-43(39,40)35-13-11-34(12-14-35)23-30-22(31-24(32-23)41-18-26(27,28)29)15-19-5-7-20(8-6-19)21(36)16-42(37,38)25(9-10-25)17-33(2)3;1-32(2)15-23(7-8-23)38(35,36)14-19(34)18-5-3-17(4-6-18)13-20-29-21(33-11-9-28-10-12-33)31-22(30-20)37-16-24(25,26)27/h6-9H,10-19H2,1-5H3;5-8H,4,9-18H2,1-3H3;3-6,28H,7-16H2,1-2H3. The summed E-state index contributed by atoms with van der Waals surface area (Å²) in [4.78, 5) is 101. The summed E-state index contributed by atoms with van der Waals surface area (Å²) < 4.78 is 236. The van der Waals surface area contributed by atoms with Gasteiger partial charge >= 0.3 is 42.7 Å². The maximum atomic E-state index is 13.0. The lowest BCUT2D eigenvalue weighted by Gasteiger charge is -2.35. The third-order valence-electron chi connectivity index (χ3n) is 21.0. The first-order chi connectivity index (χ1) is 58.7. The van der Waals surface area contributed by atoms with E-state index in [-0.39, 0.29) is 116 Å². The fourth-order valence-electron chi connectivity index (χ4n) is 14.1. The first-order valence-corrected chi connectivity index (χ1v) is 47.0. The number of amides is 1. The number of ether oxygens (including phenoxy) is 4. The molecule has 0 bridgehead atoms. The first-order valence-electron chi connectivity index (χ1n) is 40.5. The molecule has 3 aromatic carbocycles. The number of piperazine rings is 3. The molecule has 0 spiro atoms. The predicted molar refractivity (Wildman–Crippen MR) is 446 cm³/mol. The van der Waals surface area contributed by atoms with Gasteiger partial charge in [0.2, 0.25) is 27.9 Å². The molecule has 6 aliphatic rings. The highest BCUT2D eigenvalue weighted by Gasteiger charge is 2.57. The molecule has 1 amide bonds. The van der Waals surface area contributed by atoms with E-state index >= 15 is 0 Å². The van der Waals surface area contributed by atoms with Gasteiger partial charge in [-0.15, -0.1) is 0 Å². The number of carbonyl (C=O) groups excluding carboxylic acids is 4. The van der Waals surface area contributed by atoms with Crippen molar-refractivity contribution in [3.63, 3.8) is 0 Å². The zero-order chi connectivity index (χ0) is 92.4. The van der Waals surface area contributed by atoms with Crippen molar-refractivity contribution in [1.82, 2.24) is 74.1 Å². The molecule has 3 saturated carbocycles. The van der Waals surface area contributed by atoms with Gasteiger partial charge in [0, 0.05) is 134 Å². The molecule has 3 aliphatic carbocycles. The summed E-state index contributed by atoms with van der Waals surface area (Å²) in [6.45, 7) is 7.72. The Kier molecular flexibility index (Phi) is 31.5. The molecule has 47 heteroatoms. The van der Waals surface area contributed by atoms with Crippen LogP contribution in [0.15, 0.2) is 72.8 Å². The third kappa shape index (κ3) is 28.4. The number of rotatable bonds is 35. The number of anilines is 3. The van der Waals surface area contributed by atoms with Crippen LogP contribution in [-0.2, 0) is 63.5 Å². The highest BCUT2D eigenvalue weighted by Crippen LogP contribution is 2.47. The first kappa shape index (κ1) is 98.9. The van der Waals surface area contributed by atoms with Crippen molar-refractivity contribution in [2.75, 3.05) is 198 Å². The van der Waals surface area contributed by atoms with Crippen LogP contribution >= 0.6 is 0 Å². The highest BCUT2D eigenvalue weighted by molar-refractivity contribution is 7.94. The number of Topliss-reactive ketones (excluding diaryl/α,β-unsaturated/α-hetero) is 3. The summed E-state index contributed by atoms with van der Waals surface area (Å²) in [5.41, 5.74) is 2.00. The van der Waals surface area contributed by atoms with Crippen LogP contribution < -0.4 is 34.2 Å². The van der Waals surface area contributed by atoms with E-state index < -0.39 is 156 Å². The fourth-order valence-corrected chi connectivity index (χ4v) is 21.2. The Hall–Kier alpha value is -9.26. The van der Waals surface area contributed by atoms with E-state index in [1.54, 1.807) is 126 Å². The summed E-state index contributed by atoms with van der Waals surface area (Å²) in [5.74, 6) is -2.45. The summed E-state index contributed by atoms with van der Waals surface area (Å²) in [7, 11) is -3.52. The molecule has 0 atom stereocenters. The molecule has 34 nitrogen and oxygen atoms in total. The maximum absolute atomic E-state index is 13.0. The second kappa shape index (κ2) is 40.2. The van der Waals surface area contributed by atoms with Gasteiger partial charge < -0.3 is 58.6 Å². The van der Waals surface area contributed by atoms with Crippen LogP contribution in [0.3, 0.4) is 0 Å². The average molecular weight is 1860 g/mol. The Morgan fingerprint density at radius 1 is 0.405 bits per heavy atom. The molecule has 126 heavy (non-hydrogen) atoms. The van der Waals surface area contributed by atoms with Gasteiger partial charge in [0.1, 0.15) is 40.3 Å². The van der Waals surface area contributed by atoms with Crippen molar-refractivity contribution in [3.05, 3.63) is 124 Å². The lowest BCUT2D eigenvalue weighted by atomic mass is 10.1. The van der Waals surface area contributed by atoms with E-state index in [0.717, 1.165) is 0 Å². The topological polar surface area (TPSA) is 396 Å². The van der Waals surface area contributed by atoms with Crippen LogP contribution in [0, 0.1) is 0 Å². The van der Waals surface area contributed by atoms with Crippen LogP contribution in [0.25, 0.3) is 0 Å². The molecular formula is C79H105F9N18O16S4. The minimum absolute atomic E-state index is 0.0459. The van der Waals surface area contributed by atoms with Crippen molar-refractivity contribution in [1.29, 1.82) is 0 Å². The minimum atomic E-state index is -4.62. The smallest absolute Gasteiger partial charge is 0.422 e. The SMILES string of the molecule is CCS(=O)(=O)N1CCN(c2nc(Cc3ccc(C(=O)CS(=O)(=O)C4(CN(C)C)CC4)cc3)nc(OCC(F)(F)F)n2)CC1.CN(C)CC1(S(=O)(=O)CC(=O)c2ccc(Cc3nc(OCC(F)(F)F)nc(N4CCN(C(=O)OC(C)(C)C)CC4)n3)cc2)CC1.CN(C)CC1(S(=O)(=O)CC(=O)c2ccc(Cc3nc(OCC(F)(F)F)nc(N4CCNCC4)n3)cc2)CC1. The van der Waals surface area contributed by atoms with Crippen molar-refractivity contribution in [2.24, 2.45) is 0 Å². The Labute approximate surface area is 726 Å². The lowest BCUT2D eigenvalue weighted by molar-refractivity contribution is -0.155. The number of benzene rings is 3. The second-order valence-electron chi connectivity index (χ2n) is 33.6. The molecule has 12 rings (SSSR count). The molecule has 0 radical (unpaired) electrons. The van der Waals surface area contributed by atoms with Gasteiger partial charge in [0.05, 0.1) is 20.0 Å². The number of nitrogens with zero attached hydrogens (tertiary/aromatic N) is 17. The zero-order valence-corrected chi connectivity index (χ0v) is 74.8. The van der Waals surface area contributed by atoms with Gasteiger partial charge in [-0.05, 0) is 125 Å². The molecule has 3 aromatic heterocycles. The summed E-state index contributed by atoms with van der Waals surface area (Å²) in [6, 6.07) is 17.4. The number of ketones is 3. The van der Waals surface area contributed by atoms with Gasteiger partial charge in [0.15, 0.2) is 66.7 Å². The van der Waals surface area contributed by atoms with Crippen LogP contribution in [0.1, 0.15) is 131 Å². The third-order valence-corrected chi connectivity index (χ3v) is 30.4. The summed E-state index contributed by atoms with van der Waals surface area (Å²) >= 11 is 0. The summed E-state index contributed by atoms with van der Waals surface area (Å²) in [6.07, 6.45) is -10.7. The van der Waals surface area contributed by atoms with E-state index in [1.165, 1.54) is 45.6 Å². The second-order valence-corrected chi connectivity index (χ2v) is 43.0. The monoisotopic (exact) mass is 1860 g/mol. The van der Waals surface area contributed by atoms with Gasteiger partial charge in [-0.3, -0.25) is 14.4 Å². The van der Waals surface area contributed by atoms with Crippen molar-refractivity contribution in [2.45, 2.75) is 124 Å². The van der Waals surface area contributed by atoms with E-state index in [4.69, 9.17) is 18.9 Å². The van der Waals surface area contributed by atoms with Crippen molar-refractivity contribution in [3.8, 4) is 18.0 Å². The molecule has 1 N–H and O–H groups in total. The van der Waals surface area contributed by atoms with Crippen molar-refractivity contribution >= 4 is 80.8 Å². The summed E-state index contributed by atoms with van der Waals surface area (Å²) in [5, 5.41) is 3.19. The Balaban J connectivity index is 0.000000198. The minimum Gasteiger partial charge on any atom is -0.454 e. The largest absolute Gasteiger partial charge is 0.454 e. The Morgan fingerprint density at radius 3 is 0.937 bits per heavy atom. The number of hydrogen-bond acceptors (Lipinski definition) is 32. The van der Waals surface area contributed by atoms with Crippen LogP contribution in [-0.4, -0.2) is 348 Å². The Bertz CT molecular complexity index is 5280. The molecule has 3 saturated heterocycles. The number of hydrogen-bond donors (Lipinski definition) is 1. The van der Waals surface area contributed by atoms with E-state index in [2.05, 4.69) is 50.2 Å². The lowest BCUT2D eigenvalue weighted by Crippen LogP contribution is -2.50. The molecule has 6 fully saturated rings. The number of nitrogens with one attached hydrogen (secondary N) is 1. The van der Waals surface area contributed by atoms with Crippen LogP contribution in [0.2, 0.25) is 0 Å². The average Bonchev–Trinajstić information content (AvgIpc) is 1.60. The molecule has 0 unspecified atom stereocenters. The van der Waals surface area contributed by atoms with Crippen LogP contribution in [0.5, 0.6) is 18.0 Å². The molecule has 3 aliphatic heterocycles. The number of aromatic nitrogens is 9. The predicted octanol–water partition coefficient (Wildman–Crippen LogP) is 6.22. The number of sulfonamides is 1. The van der Waals surface area contributed by atoms with Crippen molar-refractivity contribution < 1.29 is 111 Å². The van der Waals surface area contributed by atoms with E-state index in [9.17, 15) is 92.4 Å². The molecule has 6 heterocycles. The van der Waals surface area contributed by atoms with E-state index in [1.807, 2.05) is 9.80 Å². The van der Waals surface area contributed by atoms with Gasteiger partial charge in [0.25, 0.3) is 0 Å². The molecule has 694 valence electrons. The number of halogens is 9. The quantitative estimate of drug-likeness (QED) is 0.0340. The maximum Gasteiger partial charge on any atom is 0.422 e. The molecular weight excluding hydrogens is 1760 g/mol. The Morgan fingerprint density at radius 2 is 0.683 bits per heavy atom. The van der Waals surface area contributed by atoms with Crippen LogP contribution in [0.4, 0.5) is 62.2 Å². The zero-order valence-electron chi connectivity index (χ0n) is 71.5. The normalized spacial score (nSPS) is 17.3. The fraction of sp³-hybridized carbons (Fsp3) is 0.608. The highest BCUT2D eigenvalue weighted by atomic mass is 32.2. The van der Waals surface area contributed by atoms with Gasteiger partial charge in [-0.25, -0.2) is 38.5 Å². The molecule has 6 aromatic rings.